The minimum atomic E-state index is -0.369. The summed E-state index contributed by atoms with van der Waals surface area (Å²) in [6.07, 6.45) is 8.59. The molecule has 1 atom stereocenters. The molecule has 0 aliphatic carbocycles. The molecule has 4 aromatic rings. The summed E-state index contributed by atoms with van der Waals surface area (Å²) in [5.74, 6) is 0.000710. The van der Waals surface area contributed by atoms with Crippen molar-refractivity contribution in [1.29, 1.82) is 0 Å². The summed E-state index contributed by atoms with van der Waals surface area (Å²) in [6.45, 7) is 0.789. The van der Waals surface area contributed by atoms with E-state index < -0.39 is 0 Å². The predicted octanol–water partition coefficient (Wildman–Crippen LogP) is 4.63. The van der Waals surface area contributed by atoms with Crippen molar-refractivity contribution in [2.24, 2.45) is 0 Å². The first kappa shape index (κ1) is 24.3. The number of benzene rings is 2. The lowest BCUT2D eigenvalue weighted by Crippen LogP contribution is -2.47. The third kappa shape index (κ3) is 6.39. The van der Waals surface area contributed by atoms with Gasteiger partial charge in [0.25, 0.3) is 0 Å². The zero-order chi connectivity index (χ0) is 24.5. The summed E-state index contributed by atoms with van der Waals surface area (Å²) < 4.78 is 0. The Balaban J connectivity index is 1.50. The van der Waals surface area contributed by atoms with E-state index in [1.807, 2.05) is 72.7 Å². The summed E-state index contributed by atoms with van der Waals surface area (Å²) in [4.78, 5) is 22.7. The van der Waals surface area contributed by atoms with Gasteiger partial charge in [0.1, 0.15) is 6.04 Å². The summed E-state index contributed by atoms with van der Waals surface area (Å²) in [7, 11) is 1.97. The monoisotopic (exact) mass is 471 g/mol. The van der Waals surface area contributed by atoms with E-state index in [9.17, 15) is 4.79 Å². The number of aromatic nitrogens is 2. The van der Waals surface area contributed by atoms with Gasteiger partial charge in [0.05, 0.1) is 0 Å². The number of nitrogens with one attached hydrogen (secondary N) is 3. The van der Waals surface area contributed by atoms with Crippen LogP contribution in [0.3, 0.4) is 0 Å². The number of aromatic amines is 1. The third-order valence-corrected chi connectivity index (χ3v) is 6.24. The molecule has 0 fully saturated rings. The van der Waals surface area contributed by atoms with Gasteiger partial charge in [-0.25, -0.2) is 0 Å². The molecule has 4 rings (SSSR count). The molecular weight excluding hydrogens is 438 g/mol. The fourth-order valence-corrected chi connectivity index (χ4v) is 4.22. The van der Waals surface area contributed by atoms with E-state index in [0.29, 0.717) is 13.0 Å². The first-order valence-electron chi connectivity index (χ1n) is 12.1. The number of anilines is 3. The number of pyridine rings is 1. The van der Waals surface area contributed by atoms with Crippen LogP contribution in [-0.2, 0) is 11.2 Å². The number of nitrogens with zero attached hydrogens (tertiary/aromatic N) is 2. The van der Waals surface area contributed by atoms with E-state index in [4.69, 9.17) is 5.11 Å². The van der Waals surface area contributed by atoms with E-state index in [-0.39, 0.29) is 18.6 Å². The van der Waals surface area contributed by atoms with E-state index >= 15 is 0 Å². The molecule has 7 heteroatoms. The number of amides is 1. The number of rotatable bonds is 12. The van der Waals surface area contributed by atoms with E-state index in [0.717, 1.165) is 52.8 Å². The van der Waals surface area contributed by atoms with Crippen molar-refractivity contribution >= 4 is 33.9 Å². The summed E-state index contributed by atoms with van der Waals surface area (Å²) in [6, 6.07) is 19.7. The lowest BCUT2D eigenvalue weighted by Gasteiger charge is -2.29. The Labute approximate surface area is 206 Å². The first-order valence-corrected chi connectivity index (χ1v) is 12.1. The number of H-pyrrole nitrogens is 1. The Morgan fingerprint density at radius 1 is 1.00 bits per heavy atom. The smallest absolute Gasteiger partial charge is 0.243 e. The number of hydrogen-bond acceptors (Lipinski definition) is 5. The Bertz CT molecular complexity index is 1210. The van der Waals surface area contributed by atoms with Crippen LogP contribution in [0.25, 0.3) is 10.9 Å². The molecule has 2 heterocycles. The standard InChI is InChI=1S/C28H33N5O2/c1-33(24-11-9-22(10-12-24)32-23-13-16-29-17-14-23)27(28(35)30-15-5-2-6-18-34)19-21-20-31-26-8-4-3-7-25(21)26/h3-4,7-14,16-17,20,27,31,34H,2,5-6,15,18-19H2,1H3,(H,29,32)(H,30,35). The maximum atomic E-state index is 13.3. The van der Waals surface area contributed by atoms with Crippen molar-refractivity contribution in [3.05, 3.63) is 84.8 Å². The molecule has 0 saturated carbocycles. The number of likely N-dealkylation sites (N-methyl/N-ethyl adjacent to an activating group) is 1. The molecule has 1 amide bonds. The quantitative estimate of drug-likeness (QED) is 0.226. The number of fused-ring (bicyclic) bond motifs is 1. The summed E-state index contributed by atoms with van der Waals surface area (Å²) >= 11 is 0. The lowest BCUT2D eigenvalue weighted by molar-refractivity contribution is -0.122. The van der Waals surface area contributed by atoms with Crippen LogP contribution in [0.5, 0.6) is 0 Å². The van der Waals surface area contributed by atoms with Gasteiger partial charge < -0.3 is 25.6 Å². The molecule has 0 radical (unpaired) electrons. The van der Waals surface area contributed by atoms with E-state index in [1.165, 1.54) is 0 Å². The van der Waals surface area contributed by atoms with Gasteiger partial charge in [0.15, 0.2) is 0 Å². The molecule has 7 nitrogen and oxygen atoms in total. The van der Waals surface area contributed by atoms with Gasteiger partial charge in [0.2, 0.25) is 5.91 Å². The Morgan fingerprint density at radius 2 is 1.74 bits per heavy atom. The molecule has 35 heavy (non-hydrogen) atoms. The third-order valence-electron chi connectivity index (χ3n) is 6.24. The second-order valence-electron chi connectivity index (χ2n) is 8.67. The van der Waals surface area contributed by atoms with Crippen molar-refractivity contribution in [3.63, 3.8) is 0 Å². The molecule has 4 N–H and O–H groups in total. The highest BCUT2D eigenvalue weighted by molar-refractivity contribution is 5.88. The second kappa shape index (κ2) is 12.0. The zero-order valence-electron chi connectivity index (χ0n) is 20.1. The molecule has 1 unspecified atom stereocenters. The summed E-state index contributed by atoms with van der Waals surface area (Å²) in [5, 5.41) is 16.6. The predicted molar refractivity (Wildman–Crippen MR) is 142 cm³/mol. The number of unbranched alkanes of at least 4 members (excludes halogenated alkanes) is 2. The Kier molecular flexibility index (Phi) is 8.35. The molecule has 2 aromatic heterocycles. The van der Waals surface area contributed by atoms with Gasteiger partial charge in [0, 0.05) is 73.2 Å². The highest BCUT2D eigenvalue weighted by atomic mass is 16.2. The molecular formula is C28H33N5O2. The van der Waals surface area contributed by atoms with Gasteiger partial charge in [-0.2, -0.15) is 0 Å². The number of carbonyl (C=O) groups is 1. The van der Waals surface area contributed by atoms with Crippen LogP contribution in [0, 0.1) is 0 Å². The summed E-state index contributed by atoms with van der Waals surface area (Å²) in [5.41, 5.74) is 5.09. The number of carbonyl (C=O) groups excluding carboxylic acids is 1. The van der Waals surface area contributed by atoms with Gasteiger partial charge in [-0.05, 0) is 67.3 Å². The van der Waals surface area contributed by atoms with Crippen molar-refractivity contribution < 1.29 is 9.90 Å². The SMILES string of the molecule is CN(c1ccc(Nc2ccncc2)cc1)C(Cc1c[nH]c2ccccc12)C(=O)NCCCCCO. The molecule has 0 bridgehead atoms. The van der Waals surface area contributed by atoms with Crippen LogP contribution < -0.4 is 15.5 Å². The van der Waals surface area contributed by atoms with Gasteiger partial charge in [-0.3, -0.25) is 9.78 Å². The largest absolute Gasteiger partial charge is 0.396 e. The number of hydrogen-bond donors (Lipinski definition) is 4. The van der Waals surface area contributed by atoms with Crippen LogP contribution in [0.4, 0.5) is 17.1 Å². The van der Waals surface area contributed by atoms with Crippen LogP contribution in [0.2, 0.25) is 0 Å². The van der Waals surface area contributed by atoms with Gasteiger partial charge in [-0.1, -0.05) is 18.2 Å². The minimum Gasteiger partial charge on any atom is -0.396 e. The second-order valence-corrected chi connectivity index (χ2v) is 8.67. The fraction of sp³-hybridized carbons (Fsp3) is 0.286. The van der Waals surface area contributed by atoms with Crippen molar-refractivity contribution in [3.8, 4) is 0 Å². The van der Waals surface area contributed by atoms with E-state index in [1.54, 1.807) is 12.4 Å². The number of para-hydroxylation sites is 1. The molecule has 0 spiro atoms. The minimum absolute atomic E-state index is 0.000710. The Morgan fingerprint density at radius 3 is 2.51 bits per heavy atom. The molecule has 0 aliphatic rings. The zero-order valence-corrected chi connectivity index (χ0v) is 20.1. The molecule has 0 aliphatic heterocycles. The molecule has 182 valence electrons. The molecule has 2 aromatic carbocycles. The van der Waals surface area contributed by atoms with Gasteiger partial charge in [-0.15, -0.1) is 0 Å². The van der Waals surface area contributed by atoms with Gasteiger partial charge >= 0.3 is 0 Å². The van der Waals surface area contributed by atoms with Crippen molar-refractivity contribution in [2.45, 2.75) is 31.7 Å². The average Bonchev–Trinajstić information content (AvgIpc) is 3.30. The van der Waals surface area contributed by atoms with Crippen molar-refractivity contribution in [1.82, 2.24) is 15.3 Å². The maximum absolute atomic E-state index is 13.3. The van der Waals surface area contributed by atoms with Crippen LogP contribution in [0.15, 0.2) is 79.3 Å². The van der Waals surface area contributed by atoms with Crippen LogP contribution in [0.1, 0.15) is 24.8 Å². The fourth-order valence-electron chi connectivity index (χ4n) is 4.22. The topological polar surface area (TPSA) is 93.3 Å². The number of aliphatic hydroxyl groups excluding tert-OH is 1. The lowest BCUT2D eigenvalue weighted by atomic mass is 10.0. The van der Waals surface area contributed by atoms with E-state index in [2.05, 4.69) is 26.7 Å². The molecule has 0 saturated heterocycles. The first-order chi connectivity index (χ1) is 17.2. The highest BCUT2D eigenvalue weighted by Gasteiger charge is 2.25. The van der Waals surface area contributed by atoms with Crippen molar-refractivity contribution in [2.75, 3.05) is 30.4 Å². The van der Waals surface area contributed by atoms with Crippen LogP contribution >= 0.6 is 0 Å². The highest BCUT2D eigenvalue weighted by Crippen LogP contribution is 2.25. The Hall–Kier alpha value is -3.84. The normalized spacial score (nSPS) is 11.8. The average molecular weight is 472 g/mol. The maximum Gasteiger partial charge on any atom is 0.243 e. The number of aliphatic hydroxyl groups is 1. The van der Waals surface area contributed by atoms with Crippen LogP contribution in [-0.4, -0.2) is 47.2 Å².